The van der Waals surface area contributed by atoms with Crippen LogP contribution in [0, 0.1) is 5.41 Å². The Bertz CT molecular complexity index is 730. The van der Waals surface area contributed by atoms with Crippen LogP contribution < -0.4 is 5.73 Å². The Labute approximate surface area is 103 Å². The molecule has 0 fully saturated rings. The van der Waals surface area contributed by atoms with E-state index >= 15 is 0 Å². The Morgan fingerprint density at radius 3 is 2.89 bits per heavy atom. The lowest BCUT2D eigenvalue weighted by atomic mass is 10.2. The standard InChI is InChI=1S/C12H10N6/c13-12(14)8-5-6-15-7-11(8)18-10-4-2-1-3-9(10)16-17-18/h1-7H,(H3,13,14). The van der Waals surface area contributed by atoms with Crippen LogP contribution in [0.15, 0.2) is 42.7 Å². The first kappa shape index (κ1) is 10.4. The molecule has 0 spiro atoms. The lowest BCUT2D eigenvalue weighted by molar-refractivity contribution is 0.818. The zero-order valence-corrected chi connectivity index (χ0v) is 9.41. The average Bonchev–Trinajstić information content (AvgIpc) is 2.82. The van der Waals surface area contributed by atoms with E-state index in [0.717, 1.165) is 11.0 Å². The van der Waals surface area contributed by atoms with Crippen LogP contribution in [-0.2, 0) is 0 Å². The Kier molecular flexibility index (Phi) is 2.26. The van der Waals surface area contributed by atoms with Crippen molar-refractivity contribution in [1.82, 2.24) is 20.0 Å². The highest BCUT2D eigenvalue weighted by atomic mass is 15.4. The minimum absolute atomic E-state index is 0.0213. The smallest absolute Gasteiger partial charge is 0.125 e. The van der Waals surface area contributed by atoms with Crippen molar-refractivity contribution in [3.63, 3.8) is 0 Å². The number of hydrogen-bond donors (Lipinski definition) is 2. The largest absolute Gasteiger partial charge is 0.384 e. The molecule has 0 amide bonds. The monoisotopic (exact) mass is 238 g/mol. The van der Waals surface area contributed by atoms with Gasteiger partial charge in [0.15, 0.2) is 0 Å². The number of nitrogens with two attached hydrogens (primary N) is 1. The summed E-state index contributed by atoms with van der Waals surface area (Å²) in [5, 5.41) is 15.7. The van der Waals surface area contributed by atoms with Crippen molar-refractivity contribution in [2.45, 2.75) is 0 Å². The second-order valence-corrected chi connectivity index (χ2v) is 3.80. The first-order valence-electron chi connectivity index (χ1n) is 5.36. The molecule has 18 heavy (non-hydrogen) atoms. The van der Waals surface area contributed by atoms with E-state index in [1.807, 2.05) is 24.3 Å². The fraction of sp³-hybridized carbons (Fsp3) is 0. The number of amidine groups is 1. The molecule has 6 nitrogen and oxygen atoms in total. The Hall–Kier alpha value is -2.76. The van der Waals surface area contributed by atoms with Crippen LogP contribution in [0.4, 0.5) is 0 Å². The van der Waals surface area contributed by atoms with Gasteiger partial charge in [-0.25, -0.2) is 4.68 Å². The molecule has 0 aliphatic rings. The van der Waals surface area contributed by atoms with Gasteiger partial charge in [0.25, 0.3) is 0 Å². The molecule has 0 bridgehead atoms. The summed E-state index contributed by atoms with van der Waals surface area (Å²) >= 11 is 0. The predicted octanol–water partition coefficient (Wildman–Crippen LogP) is 1.10. The molecule has 6 heteroatoms. The van der Waals surface area contributed by atoms with Crippen molar-refractivity contribution >= 4 is 16.9 Å². The van der Waals surface area contributed by atoms with Crippen LogP contribution >= 0.6 is 0 Å². The Morgan fingerprint density at radius 1 is 1.22 bits per heavy atom. The van der Waals surface area contributed by atoms with E-state index in [0.29, 0.717) is 11.3 Å². The van der Waals surface area contributed by atoms with Gasteiger partial charge in [0.2, 0.25) is 0 Å². The summed E-state index contributed by atoms with van der Waals surface area (Å²) in [6.45, 7) is 0. The Balaban J connectivity index is 2.30. The van der Waals surface area contributed by atoms with Crippen LogP contribution in [0.25, 0.3) is 16.7 Å². The molecule has 0 radical (unpaired) electrons. The van der Waals surface area contributed by atoms with Gasteiger partial charge in [0.05, 0.1) is 17.4 Å². The summed E-state index contributed by atoms with van der Waals surface area (Å²) < 4.78 is 1.64. The van der Waals surface area contributed by atoms with Gasteiger partial charge in [-0.05, 0) is 18.2 Å². The van der Waals surface area contributed by atoms with E-state index in [2.05, 4.69) is 15.3 Å². The summed E-state index contributed by atoms with van der Waals surface area (Å²) in [5.74, 6) is -0.0213. The first-order valence-corrected chi connectivity index (χ1v) is 5.36. The van der Waals surface area contributed by atoms with E-state index in [9.17, 15) is 0 Å². The third-order valence-electron chi connectivity index (χ3n) is 2.67. The normalized spacial score (nSPS) is 10.7. The number of nitrogen functional groups attached to an aromatic ring is 1. The number of pyridine rings is 1. The van der Waals surface area contributed by atoms with Crippen LogP contribution in [0.5, 0.6) is 0 Å². The fourth-order valence-corrected chi connectivity index (χ4v) is 1.83. The van der Waals surface area contributed by atoms with Crippen molar-refractivity contribution in [2.75, 3.05) is 0 Å². The van der Waals surface area contributed by atoms with Gasteiger partial charge in [0.1, 0.15) is 11.4 Å². The summed E-state index contributed by atoms with van der Waals surface area (Å²) in [4.78, 5) is 4.05. The summed E-state index contributed by atoms with van der Waals surface area (Å²) in [6.07, 6.45) is 3.22. The molecule has 3 aromatic rings. The van der Waals surface area contributed by atoms with Gasteiger partial charge in [-0.1, -0.05) is 17.3 Å². The second kappa shape index (κ2) is 3.92. The third kappa shape index (κ3) is 1.51. The average molecular weight is 238 g/mol. The summed E-state index contributed by atoms with van der Waals surface area (Å²) in [6, 6.07) is 9.28. The number of rotatable bonds is 2. The topological polar surface area (TPSA) is 93.5 Å². The minimum atomic E-state index is -0.0213. The number of hydrogen-bond acceptors (Lipinski definition) is 4. The second-order valence-electron chi connectivity index (χ2n) is 3.80. The number of para-hydroxylation sites is 1. The number of benzene rings is 1. The van der Waals surface area contributed by atoms with Gasteiger partial charge in [-0.3, -0.25) is 10.4 Å². The molecule has 2 heterocycles. The molecular formula is C12H10N6. The van der Waals surface area contributed by atoms with Crippen LogP contribution in [0.3, 0.4) is 0 Å². The van der Waals surface area contributed by atoms with E-state index in [1.165, 1.54) is 0 Å². The molecule has 3 N–H and O–H groups in total. The quantitative estimate of drug-likeness (QED) is 0.516. The van der Waals surface area contributed by atoms with Crippen molar-refractivity contribution in [2.24, 2.45) is 5.73 Å². The van der Waals surface area contributed by atoms with Gasteiger partial charge >= 0.3 is 0 Å². The van der Waals surface area contributed by atoms with E-state index in [1.54, 1.807) is 23.1 Å². The van der Waals surface area contributed by atoms with Crippen molar-refractivity contribution < 1.29 is 0 Å². The lowest BCUT2D eigenvalue weighted by Crippen LogP contribution is -2.15. The van der Waals surface area contributed by atoms with Gasteiger partial charge < -0.3 is 5.73 Å². The summed E-state index contributed by atoms with van der Waals surface area (Å²) in [7, 11) is 0. The van der Waals surface area contributed by atoms with Crippen molar-refractivity contribution in [3.8, 4) is 5.69 Å². The molecule has 0 aliphatic heterocycles. The van der Waals surface area contributed by atoms with Crippen LogP contribution in [0.2, 0.25) is 0 Å². The lowest BCUT2D eigenvalue weighted by Gasteiger charge is -2.07. The zero-order valence-electron chi connectivity index (χ0n) is 9.41. The van der Waals surface area contributed by atoms with Crippen LogP contribution in [-0.4, -0.2) is 25.8 Å². The summed E-state index contributed by atoms with van der Waals surface area (Å²) in [5.41, 5.74) is 8.44. The highest BCUT2D eigenvalue weighted by Crippen LogP contribution is 2.17. The molecule has 0 atom stereocenters. The van der Waals surface area contributed by atoms with Gasteiger partial charge in [-0.2, -0.15) is 0 Å². The zero-order chi connectivity index (χ0) is 12.5. The molecule has 0 saturated heterocycles. The van der Waals surface area contributed by atoms with Gasteiger partial charge in [-0.15, -0.1) is 5.10 Å². The van der Waals surface area contributed by atoms with E-state index < -0.39 is 0 Å². The van der Waals surface area contributed by atoms with E-state index in [4.69, 9.17) is 11.1 Å². The number of nitrogens with one attached hydrogen (secondary N) is 1. The van der Waals surface area contributed by atoms with Crippen molar-refractivity contribution in [1.29, 1.82) is 5.41 Å². The SMILES string of the molecule is N=C(N)c1ccncc1-n1nnc2ccccc21. The molecular weight excluding hydrogens is 228 g/mol. The maximum Gasteiger partial charge on any atom is 0.125 e. The maximum atomic E-state index is 7.58. The molecule has 3 rings (SSSR count). The molecule has 88 valence electrons. The molecule has 0 unspecified atom stereocenters. The van der Waals surface area contributed by atoms with E-state index in [-0.39, 0.29) is 5.84 Å². The Morgan fingerprint density at radius 2 is 2.06 bits per heavy atom. The van der Waals surface area contributed by atoms with Crippen molar-refractivity contribution in [3.05, 3.63) is 48.3 Å². The molecule has 1 aromatic carbocycles. The highest BCUT2D eigenvalue weighted by molar-refractivity contribution is 5.98. The van der Waals surface area contributed by atoms with Gasteiger partial charge in [0, 0.05) is 11.8 Å². The maximum absolute atomic E-state index is 7.58. The molecule has 0 aliphatic carbocycles. The fourth-order valence-electron chi connectivity index (χ4n) is 1.83. The third-order valence-corrected chi connectivity index (χ3v) is 2.67. The number of aromatic nitrogens is 4. The van der Waals surface area contributed by atoms with Crippen LogP contribution in [0.1, 0.15) is 5.56 Å². The molecule has 0 saturated carbocycles. The minimum Gasteiger partial charge on any atom is -0.384 e. The highest BCUT2D eigenvalue weighted by Gasteiger charge is 2.11. The number of fused-ring (bicyclic) bond motifs is 1. The first-order chi connectivity index (χ1) is 8.77. The predicted molar refractivity (Wildman–Crippen MR) is 67.7 cm³/mol. The number of nitrogens with zero attached hydrogens (tertiary/aromatic N) is 4. The molecule has 2 aromatic heterocycles.